The molecule has 0 saturated carbocycles. The number of piperidine rings is 1. The standard InChI is InChI=1S/C25H34ClN5O3/c1-15-10-16(2)29-24(33)22(15)14-28-23(32)21-12-19(26)11-18(17(21)3)13-27-20-6-8-31(9-7-20)25(34)30(4)5/h10-12,20,27H,6-9,13-14H2,1-5H3,(H,28,32)(H,29,33). The zero-order chi connectivity index (χ0) is 25.0. The van der Waals surface area contributed by atoms with Crippen molar-refractivity contribution >= 4 is 23.5 Å². The minimum absolute atomic E-state index is 0.0441. The molecule has 184 valence electrons. The van der Waals surface area contributed by atoms with Gasteiger partial charge in [-0.1, -0.05) is 11.6 Å². The first-order chi connectivity index (χ1) is 16.1. The summed E-state index contributed by atoms with van der Waals surface area (Å²) in [6.07, 6.45) is 1.74. The van der Waals surface area contributed by atoms with Crippen LogP contribution in [0.2, 0.25) is 5.02 Å². The number of H-pyrrole nitrogens is 1. The molecule has 1 fully saturated rings. The van der Waals surface area contributed by atoms with Gasteiger partial charge in [0.05, 0.1) is 0 Å². The molecule has 8 nitrogen and oxygen atoms in total. The van der Waals surface area contributed by atoms with Crippen LogP contribution in [-0.4, -0.2) is 59.9 Å². The molecule has 2 heterocycles. The van der Waals surface area contributed by atoms with Gasteiger partial charge in [0.25, 0.3) is 11.5 Å². The molecule has 1 aliphatic heterocycles. The number of likely N-dealkylation sites (tertiary alicyclic amines) is 1. The fraction of sp³-hybridized carbons (Fsp3) is 0.480. The second-order valence-corrected chi connectivity index (χ2v) is 9.62. The SMILES string of the molecule is Cc1cc(C)c(CNC(=O)c2cc(Cl)cc(CNC3CCN(C(=O)N(C)C)CC3)c2C)c(=O)[nH]1. The van der Waals surface area contributed by atoms with E-state index in [0.717, 1.165) is 35.2 Å². The second kappa shape index (κ2) is 11.1. The molecule has 3 rings (SSSR count). The van der Waals surface area contributed by atoms with Gasteiger partial charge in [0, 0.05) is 68.2 Å². The van der Waals surface area contributed by atoms with Gasteiger partial charge in [-0.2, -0.15) is 0 Å². The molecule has 0 aliphatic carbocycles. The Hall–Kier alpha value is -2.84. The van der Waals surface area contributed by atoms with Crippen molar-refractivity contribution in [1.82, 2.24) is 25.4 Å². The van der Waals surface area contributed by atoms with Crippen molar-refractivity contribution in [3.05, 3.63) is 67.1 Å². The number of benzene rings is 1. The Balaban J connectivity index is 1.63. The molecule has 0 spiro atoms. The maximum Gasteiger partial charge on any atom is 0.319 e. The lowest BCUT2D eigenvalue weighted by Crippen LogP contribution is -2.47. The first kappa shape index (κ1) is 25.8. The Morgan fingerprint density at radius 2 is 1.79 bits per heavy atom. The summed E-state index contributed by atoms with van der Waals surface area (Å²) >= 11 is 6.34. The summed E-state index contributed by atoms with van der Waals surface area (Å²) in [6, 6.07) is 5.76. The van der Waals surface area contributed by atoms with E-state index in [1.807, 2.05) is 37.8 Å². The van der Waals surface area contributed by atoms with Gasteiger partial charge in [0.2, 0.25) is 0 Å². The Kier molecular flexibility index (Phi) is 8.38. The molecule has 1 aromatic heterocycles. The number of halogens is 1. The van der Waals surface area contributed by atoms with Crippen molar-refractivity contribution < 1.29 is 9.59 Å². The Morgan fingerprint density at radius 1 is 1.12 bits per heavy atom. The smallest absolute Gasteiger partial charge is 0.319 e. The third-order valence-corrected chi connectivity index (χ3v) is 6.59. The minimum atomic E-state index is -0.267. The number of rotatable bonds is 6. The molecule has 2 aromatic rings. The number of aromatic amines is 1. The summed E-state index contributed by atoms with van der Waals surface area (Å²) in [5.74, 6) is -0.267. The van der Waals surface area contributed by atoms with E-state index in [2.05, 4.69) is 15.6 Å². The number of hydrogen-bond acceptors (Lipinski definition) is 4. The molecule has 34 heavy (non-hydrogen) atoms. The van der Waals surface area contributed by atoms with Crippen molar-refractivity contribution in [3.8, 4) is 0 Å². The summed E-state index contributed by atoms with van der Waals surface area (Å²) < 4.78 is 0. The van der Waals surface area contributed by atoms with E-state index in [1.54, 1.807) is 25.1 Å². The maximum absolute atomic E-state index is 12.9. The second-order valence-electron chi connectivity index (χ2n) is 9.18. The fourth-order valence-corrected chi connectivity index (χ4v) is 4.57. The zero-order valence-electron chi connectivity index (χ0n) is 20.5. The number of nitrogens with zero attached hydrogens (tertiary/aromatic N) is 2. The Morgan fingerprint density at radius 3 is 2.41 bits per heavy atom. The van der Waals surface area contributed by atoms with Crippen LogP contribution in [0.15, 0.2) is 23.0 Å². The first-order valence-electron chi connectivity index (χ1n) is 11.5. The molecule has 3 N–H and O–H groups in total. The molecule has 1 aromatic carbocycles. The lowest BCUT2D eigenvalue weighted by atomic mass is 10.00. The number of aryl methyl sites for hydroxylation is 2. The fourth-order valence-electron chi connectivity index (χ4n) is 4.33. The summed E-state index contributed by atoms with van der Waals surface area (Å²) in [5.41, 5.74) is 4.28. The lowest BCUT2D eigenvalue weighted by Gasteiger charge is -2.34. The van der Waals surface area contributed by atoms with Crippen LogP contribution in [0.1, 0.15) is 51.1 Å². The number of carbonyl (C=O) groups is 2. The van der Waals surface area contributed by atoms with Crippen LogP contribution in [0, 0.1) is 20.8 Å². The van der Waals surface area contributed by atoms with E-state index < -0.39 is 0 Å². The van der Waals surface area contributed by atoms with E-state index >= 15 is 0 Å². The summed E-state index contributed by atoms with van der Waals surface area (Å²) in [6.45, 7) is 7.75. The molecule has 9 heteroatoms. The third kappa shape index (κ3) is 6.18. The molecule has 3 amide bonds. The van der Waals surface area contributed by atoms with Crippen LogP contribution in [0.4, 0.5) is 4.79 Å². The highest BCUT2D eigenvalue weighted by atomic mass is 35.5. The predicted octanol–water partition coefficient (Wildman–Crippen LogP) is 3.12. The lowest BCUT2D eigenvalue weighted by molar-refractivity contribution is 0.0950. The van der Waals surface area contributed by atoms with Gasteiger partial charge in [-0.3, -0.25) is 9.59 Å². The van der Waals surface area contributed by atoms with Crippen molar-refractivity contribution in [1.29, 1.82) is 0 Å². The van der Waals surface area contributed by atoms with Crippen molar-refractivity contribution in [2.24, 2.45) is 0 Å². The molecule has 1 aliphatic rings. The van der Waals surface area contributed by atoms with Crippen molar-refractivity contribution in [3.63, 3.8) is 0 Å². The van der Waals surface area contributed by atoms with Gasteiger partial charge < -0.3 is 25.4 Å². The number of aromatic nitrogens is 1. The highest BCUT2D eigenvalue weighted by Crippen LogP contribution is 2.22. The minimum Gasteiger partial charge on any atom is -0.348 e. The molecule has 1 saturated heterocycles. The van der Waals surface area contributed by atoms with Crippen molar-refractivity contribution in [2.45, 2.75) is 52.7 Å². The highest BCUT2D eigenvalue weighted by molar-refractivity contribution is 6.31. The quantitative estimate of drug-likeness (QED) is 0.583. The van der Waals surface area contributed by atoms with Gasteiger partial charge in [0.15, 0.2) is 0 Å². The molecule has 0 atom stereocenters. The highest BCUT2D eigenvalue weighted by Gasteiger charge is 2.24. The average molecular weight is 488 g/mol. The van der Waals surface area contributed by atoms with Crippen LogP contribution < -0.4 is 16.2 Å². The molecule has 0 radical (unpaired) electrons. The maximum atomic E-state index is 12.9. The van der Waals surface area contributed by atoms with Gasteiger partial charge in [-0.05, 0) is 68.5 Å². The van der Waals surface area contributed by atoms with Crippen LogP contribution in [0.25, 0.3) is 0 Å². The van der Waals surface area contributed by atoms with Gasteiger partial charge in [-0.15, -0.1) is 0 Å². The van der Waals surface area contributed by atoms with E-state index in [9.17, 15) is 14.4 Å². The number of carbonyl (C=O) groups excluding carboxylic acids is 2. The molecular weight excluding hydrogens is 454 g/mol. The summed E-state index contributed by atoms with van der Waals surface area (Å²) in [4.78, 5) is 43.6. The van der Waals surface area contributed by atoms with E-state index in [4.69, 9.17) is 11.6 Å². The first-order valence-corrected chi connectivity index (χ1v) is 11.9. The van der Waals surface area contributed by atoms with E-state index in [-0.39, 0.29) is 30.1 Å². The summed E-state index contributed by atoms with van der Waals surface area (Å²) in [7, 11) is 3.53. The van der Waals surface area contributed by atoms with Crippen LogP contribution in [-0.2, 0) is 13.1 Å². The monoisotopic (exact) mass is 487 g/mol. The third-order valence-electron chi connectivity index (χ3n) is 6.37. The number of urea groups is 1. The van der Waals surface area contributed by atoms with Gasteiger partial charge >= 0.3 is 6.03 Å². The van der Waals surface area contributed by atoms with E-state index in [1.165, 1.54) is 0 Å². The normalized spacial score (nSPS) is 14.2. The molecule has 0 bridgehead atoms. The topological polar surface area (TPSA) is 97.5 Å². The summed E-state index contributed by atoms with van der Waals surface area (Å²) in [5, 5.41) is 6.90. The number of amides is 3. The van der Waals surface area contributed by atoms with Gasteiger partial charge in [0.1, 0.15) is 0 Å². The number of nitrogens with one attached hydrogen (secondary N) is 3. The predicted molar refractivity (Wildman–Crippen MR) is 134 cm³/mol. The zero-order valence-corrected chi connectivity index (χ0v) is 21.3. The molecule has 0 unspecified atom stereocenters. The number of pyridine rings is 1. The average Bonchev–Trinajstić information content (AvgIpc) is 2.78. The largest absolute Gasteiger partial charge is 0.348 e. The van der Waals surface area contributed by atoms with Gasteiger partial charge in [-0.25, -0.2) is 4.79 Å². The van der Waals surface area contributed by atoms with Crippen molar-refractivity contribution in [2.75, 3.05) is 27.2 Å². The molecular formula is C25H34ClN5O3. The van der Waals surface area contributed by atoms with Crippen LogP contribution >= 0.6 is 11.6 Å². The number of hydrogen-bond donors (Lipinski definition) is 3. The Labute approximate surface area is 205 Å². The van der Waals surface area contributed by atoms with E-state index in [0.29, 0.717) is 35.8 Å². The van der Waals surface area contributed by atoms with Crippen LogP contribution in [0.3, 0.4) is 0 Å². The van der Waals surface area contributed by atoms with Crippen LogP contribution in [0.5, 0.6) is 0 Å². The Bertz CT molecular complexity index is 1120.